The van der Waals surface area contributed by atoms with Crippen LogP contribution in [-0.4, -0.2) is 17.7 Å². The van der Waals surface area contributed by atoms with Gasteiger partial charge in [-0.1, -0.05) is 43.3 Å². The highest BCUT2D eigenvalue weighted by Crippen LogP contribution is 2.29. The van der Waals surface area contributed by atoms with Crippen LogP contribution in [0, 0.1) is 6.92 Å². The quantitative estimate of drug-likeness (QED) is 0.628. The Labute approximate surface area is 176 Å². The number of rotatable bonds is 4. The van der Waals surface area contributed by atoms with Gasteiger partial charge in [0, 0.05) is 12.6 Å². The smallest absolute Gasteiger partial charge is 0.266 e. The lowest BCUT2D eigenvalue weighted by Gasteiger charge is -2.14. The Bertz CT molecular complexity index is 1120. The van der Waals surface area contributed by atoms with Gasteiger partial charge >= 0.3 is 0 Å². The Morgan fingerprint density at radius 1 is 0.833 bits per heavy atom. The summed E-state index contributed by atoms with van der Waals surface area (Å²) in [4.78, 5) is 37.7. The lowest BCUT2D eigenvalue weighted by Crippen LogP contribution is -2.29. The van der Waals surface area contributed by atoms with Gasteiger partial charge in [-0.05, 0) is 60.9 Å². The van der Waals surface area contributed by atoms with E-state index in [1.807, 2.05) is 49.4 Å². The molecule has 0 spiro atoms. The standard InChI is InChI=1S/C24H20N2O3.CH4/c1-15-3-12-21-22(13-15)24(29)26(23(21)28)20-10-6-18(7-11-20)14-17-4-8-19(9-5-17)25-16(2)27;/h3-13H,14H2,1-2H3,(H,25,27);1H4. The zero-order chi connectivity index (χ0) is 20.5. The van der Waals surface area contributed by atoms with E-state index in [4.69, 9.17) is 0 Å². The summed E-state index contributed by atoms with van der Waals surface area (Å²) in [5, 5.41) is 2.75. The van der Waals surface area contributed by atoms with Gasteiger partial charge in [-0.2, -0.15) is 0 Å². The van der Waals surface area contributed by atoms with Crippen molar-refractivity contribution in [3.8, 4) is 0 Å². The van der Waals surface area contributed by atoms with Gasteiger partial charge in [0.05, 0.1) is 16.8 Å². The molecule has 0 fully saturated rings. The molecular formula is C25H24N2O3. The molecule has 0 atom stereocenters. The molecule has 30 heavy (non-hydrogen) atoms. The summed E-state index contributed by atoms with van der Waals surface area (Å²) in [7, 11) is 0. The summed E-state index contributed by atoms with van der Waals surface area (Å²) >= 11 is 0. The summed E-state index contributed by atoms with van der Waals surface area (Å²) in [6.45, 7) is 3.38. The van der Waals surface area contributed by atoms with Crippen molar-refractivity contribution in [3.63, 3.8) is 0 Å². The number of hydrogen-bond donors (Lipinski definition) is 1. The summed E-state index contributed by atoms with van der Waals surface area (Å²) in [5.74, 6) is -0.669. The van der Waals surface area contributed by atoms with Crippen molar-refractivity contribution >= 4 is 29.1 Å². The monoisotopic (exact) mass is 400 g/mol. The molecule has 3 aromatic carbocycles. The van der Waals surface area contributed by atoms with E-state index in [1.165, 1.54) is 11.8 Å². The predicted molar refractivity (Wildman–Crippen MR) is 119 cm³/mol. The van der Waals surface area contributed by atoms with E-state index in [-0.39, 0.29) is 25.1 Å². The minimum atomic E-state index is -0.286. The molecule has 0 saturated heterocycles. The number of imide groups is 1. The Hall–Kier alpha value is -3.73. The third-order valence-corrected chi connectivity index (χ3v) is 4.92. The largest absolute Gasteiger partial charge is 0.326 e. The van der Waals surface area contributed by atoms with Gasteiger partial charge in [0.25, 0.3) is 11.8 Å². The van der Waals surface area contributed by atoms with Crippen LogP contribution in [0.25, 0.3) is 0 Å². The van der Waals surface area contributed by atoms with Crippen molar-refractivity contribution in [2.45, 2.75) is 27.7 Å². The molecule has 4 rings (SSSR count). The lowest BCUT2D eigenvalue weighted by atomic mass is 10.0. The van der Waals surface area contributed by atoms with Gasteiger partial charge in [-0.15, -0.1) is 0 Å². The zero-order valence-electron chi connectivity index (χ0n) is 16.2. The highest BCUT2D eigenvalue weighted by Gasteiger charge is 2.36. The first-order chi connectivity index (χ1) is 13.9. The Morgan fingerprint density at radius 3 is 2.00 bits per heavy atom. The van der Waals surface area contributed by atoms with Crippen LogP contribution in [0.15, 0.2) is 66.7 Å². The molecule has 0 saturated carbocycles. The minimum absolute atomic E-state index is 0. The number of benzene rings is 3. The number of fused-ring (bicyclic) bond motifs is 1. The summed E-state index contributed by atoms with van der Waals surface area (Å²) in [6.07, 6.45) is 0.710. The molecule has 0 aliphatic carbocycles. The number of carbonyl (C=O) groups is 3. The van der Waals surface area contributed by atoms with E-state index in [0.717, 1.165) is 22.4 Å². The molecule has 5 nitrogen and oxygen atoms in total. The van der Waals surface area contributed by atoms with Crippen molar-refractivity contribution in [1.29, 1.82) is 0 Å². The predicted octanol–water partition coefficient (Wildman–Crippen LogP) is 4.98. The van der Waals surface area contributed by atoms with Crippen LogP contribution in [-0.2, 0) is 11.2 Å². The molecule has 0 bridgehead atoms. The van der Waals surface area contributed by atoms with Crippen molar-refractivity contribution < 1.29 is 14.4 Å². The number of nitrogens with one attached hydrogen (secondary N) is 1. The summed E-state index contributed by atoms with van der Waals surface area (Å²) < 4.78 is 0. The first kappa shape index (κ1) is 21.0. The molecule has 3 amide bonds. The van der Waals surface area contributed by atoms with Crippen LogP contribution >= 0.6 is 0 Å². The van der Waals surface area contributed by atoms with Gasteiger partial charge < -0.3 is 5.32 Å². The Kier molecular flexibility index (Phi) is 5.83. The fourth-order valence-electron chi connectivity index (χ4n) is 3.50. The van der Waals surface area contributed by atoms with Crippen LogP contribution < -0.4 is 10.2 Å². The fourth-order valence-corrected chi connectivity index (χ4v) is 3.50. The van der Waals surface area contributed by atoms with Crippen LogP contribution in [0.5, 0.6) is 0 Å². The van der Waals surface area contributed by atoms with Crippen molar-refractivity contribution in [2.24, 2.45) is 0 Å². The molecule has 152 valence electrons. The van der Waals surface area contributed by atoms with Gasteiger partial charge in [-0.25, -0.2) is 4.90 Å². The second-order valence-corrected chi connectivity index (χ2v) is 7.22. The molecule has 0 aromatic heterocycles. The highest BCUT2D eigenvalue weighted by molar-refractivity contribution is 6.34. The number of amides is 3. The summed E-state index contributed by atoms with van der Waals surface area (Å²) in [5.41, 5.74) is 5.35. The SMILES string of the molecule is C.CC(=O)Nc1ccc(Cc2ccc(N3C(=O)c4ccc(C)cc4C3=O)cc2)cc1. The number of aryl methyl sites for hydroxylation is 1. The number of hydrogen-bond acceptors (Lipinski definition) is 3. The van der Waals surface area contributed by atoms with Crippen molar-refractivity contribution in [3.05, 3.63) is 94.5 Å². The second kappa shape index (κ2) is 8.33. The van der Waals surface area contributed by atoms with Crippen molar-refractivity contribution in [2.75, 3.05) is 10.2 Å². The number of nitrogens with zero attached hydrogens (tertiary/aromatic N) is 1. The average molecular weight is 400 g/mol. The fraction of sp³-hybridized carbons (Fsp3) is 0.160. The second-order valence-electron chi connectivity index (χ2n) is 7.22. The molecule has 1 aliphatic rings. The molecule has 0 unspecified atom stereocenters. The van der Waals surface area contributed by atoms with Gasteiger partial charge in [0.2, 0.25) is 5.91 Å². The molecule has 1 N–H and O–H groups in total. The highest BCUT2D eigenvalue weighted by atomic mass is 16.2. The number of carbonyl (C=O) groups excluding carboxylic acids is 3. The van der Waals surface area contributed by atoms with Crippen LogP contribution in [0.1, 0.15) is 51.8 Å². The molecule has 0 radical (unpaired) electrons. The average Bonchev–Trinajstić information content (AvgIpc) is 2.94. The third-order valence-electron chi connectivity index (χ3n) is 4.92. The topological polar surface area (TPSA) is 66.5 Å². The van der Waals surface area contributed by atoms with Crippen LogP contribution in [0.4, 0.5) is 11.4 Å². The molecule has 1 aliphatic heterocycles. The van der Waals surface area contributed by atoms with Gasteiger partial charge in [0.15, 0.2) is 0 Å². The van der Waals surface area contributed by atoms with Crippen molar-refractivity contribution in [1.82, 2.24) is 0 Å². The maximum atomic E-state index is 12.7. The maximum absolute atomic E-state index is 12.7. The van der Waals surface area contributed by atoms with Crippen LogP contribution in [0.3, 0.4) is 0 Å². The van der Waals surface area contributed by atoms with Gasteiger partial charge in [-0.3, -0.25) is 14.4 Å². The minimum Gasteiger partial charge on any atom is -0.326 e. The van der Waals surface area contributed by atoms with E-state index in [1.54, 1.807) is 24.3 Å². The van der Waals surface area contributed by atoms with E-state index >= 15 is 0 Å². The third kappa shape index (κ3) is 4.01. The van der Waals surface area contributed by atoms with Gasteiger partial charge in [0.1, 0.15) is 0 Å². The normalized spacial score (nSPS) is 12.4. The first-order valence-electron chi connectivity index (χ1n) is 9.37. The van der Waals surface area contributed by atoms with E-state index in [9.17, 15) is 14.4 Å². The molecular weight excluding hydrogens is 376 g/mol. The maximum Gasteiger partial charge on any atom is 0.266 e. The number of anilines is 2. The Morgan fingerprint density at radius 2 is 1.40 bits per heavy atom. The molecule has 1 heterocycles. The first-order valence-corrected chi connectivity index (χ1v) is 9.37. The molecule has 3 aromatic rings. The van der Waals surface area contributed by atoms with E-state index in [2.05, 4.69) is 5.32 Å². The summed E-state index contributed by atoms with van der Waals surface area (Å²) in [6, 6.07) is 20.4. The van der Waals surface area contributed by atoms with E-state index in [0.29, 0.717) is 23.2 Å². The van der Waals surface area contributed by atoms with Crippen LogP contribution in [0.2, 0.25) is 0 Å². The molecule has 5 heteroatoms. The zero-order valence-corrected chi connectivity index (χ0v) is 16.2. The lowest BCUT2D eigenvalue weighted by molar-refractivity contribution is -0.114. The van der Waals surface area contributed by atoms with E-state index < -0.39 is 0 Å². The Balaban J connectivity index is 0.00000256.